The molecule has 5 nitrogen and oxygen atoms in total. The molecule has 6 heteroatoms. The van der Waals surface area contributed by atoms with E-state index in [1.165, 1.54) is 11.8 Å². The van der Waals surface area contributed by atoms with Crippen molar-refractivity contribution in [3.05, 3.63) is 59.8 Å². The number of hydrogen-bond donors (Lipinski definition) is 0. The first kappa shape index (κ1) is 18.0. The van der Waals surface area contributed by atoms with Crippen LogP contribution in [0.25, 0.3) is 0 Å². The van der Waals surface area contributed by atoms with Gasteiger partial charge in [-0.25, -0.2) is 9.78 Å². The first-order chi connectivity index (χ1) is 11.5. The number of carbonyl (C=O) groups is 2. The number of nitrogens with zero attached hydrogens (tertiary/aromatic N) is 2. The van der Waals surface area contributed by atoms with Gasteiger partial charge >= 0.3 is 5.97 Å². The summed E-state index contributed by atoms with van der Waals surface area (Å²) in [5.41, 5.74) is 1.39. The molecule has 1 aromatic carbocycles. The van der Waals surface area contributed by atoms with Crippen molar-refractivity contribution in [2.45, 2.75) is 24.6 Å². The average Bonchev–Trinajstić information content (AvgIpc) is 2.61. The Labute approximate surface area is 146 Å². The van der Waals surface area contributed by atoms with E-state index in [0.29, 0.717) is 17.1 Å². The van der Waals surface area contributed by atoms with Crippen LogP contribution in [0.1, 0.15) is 22.8 Å². The van der Waals surface area contributed by atoms with E-state index in [9.17, 15) is 9.59 Å². The highest BCUT2D eigenvalue weighted by molar-refractivity contribution is 7.98. The molecule has 0 aliphatic rings. The molecular weight excluding hydrogens is 324 g/mol. The first-order valence-corrected chi connectivity index (χ1v) is 8.74. The molecule has 0 aliphatic heterocycles. The zero-order valence-corrected chi connectivity index (χ0v) is 14.7. The molecule has 0 saturated carbocycles. The van der Waals surface area contributed by atoms with Crippen LogP contribution in [0.15, 0.2) is 53.7 Å². The van der Waals surface area contributed by atoms with E-state index in [2.05, 4.69) is 4.98 Å². The topological polar surface area (TPSA) is 59.5 Å². The second-order valence-corrected chi connectivity index (χ2v) is 6.08. The van der Waals surface area contributed by atoms with Gasteiger partial charge in [0.1, 0.15) is 5.03 Å². The van der Waals surface area contributed by atoms with Gasteiger partial charge in [0.25, 0.3) is 5.91 Å². The predicted molar refractivity (Wildman–Crippen MR) is 93.8 cm³/mol. The van der Waals surface area contributed by atoms with Gasteiger partial charge < -0.3 is 9.64 Å². The number of thioether (sulfide) groups is 1. The lowest BCUT2D eigenvalue weighted by Crippen LogP contribution is -2.37. The van der Waals surface area contributed by atoms with Crippen molar-refractivity contribution in [1.82, 2.24) is 9.88 Å². The lowest BCUT2D eigenvalue weighted by atomic mass is 10.2. The van der Waals surface area contributed by atoms with Gasteiger partial charge in [-0.05, 0) is 30.9 Å². The van der Waals surface area contributed by atoms with E-state index in [4.69, 9.17) is 4.74 Å². The Balaban J connectivity index is 1.99. The standard InChI is InChI=1S/C18H20N2O3S/c1-13(17(21)20(2)12-14-8-5-4-6-9-14)23-18(22)15-10-7-11-19-16(15)24-3/h4-11,13H,12H2,1-3H3/t13-/m1/s1. The molecule has 126 valence electrons. The third kappa shape index (κ3) is 4.58. The van der Waals surface area contributed by atoms with Gasteiger partial charge in [0, 0.05) is 19.8 Å². The van der Waals surface area contributed by atoms with Gasteiger partial charge in [0.2, 0.25) is 0 Å². The number of pyridine rings is 1. The quantitative estimate of drug-likeness (QED) is 0.595. The fraction of sp³-hybridized carbons (Fsp3) is 0.278. The molecule has 0 spiro atoms. The van der Waals surface area contributed by atoms with E-state index < -0.39 is 12.1 Å². The molecule has 0 fully saturated rings. The van der Waals surface area contributed by atoms with Gasteiger partial charge in [-0.2, -0.15) is 0 Å². The summed E-state index contributed by atoms with van der Waals surface area (Å²) in [5, 5.41) is 0.583. The van der Waals surface area contributed by atoms with Crippen LogP contribution in [0.2, 0.25) is 0 Å². The Hall–Kier alpha value is -2.34. The summed E-state index contributed by atoms with van der Waals surface area (Å²) in [5.74, 6) is -0.789. The summed E-state index contributed by atoms with van der Waals surface area (Å²) in [6, 6.07) is 13.0. The van der Waals surface area contributed by atoms with Crippen molar-refractivity contribution in [2.75, 3.05) is 13.3 Å². The van der Waals surface area contributed by atoms with Crippen LogP contribution in [0, 0.1) is 0 Å². The fourth-order valence-corrected chi connectivity index (χ4v) is 2.77. The molecule has 2 rings (SSSR count). The van der Waals surface area contributed by atoms with Gasteiger partial charge in [-0.1, -0.05) is 30.3 Å². The van der Waals surface area contributed by atoms with Crippen molar-refractivity contribution < 1.29 is 14.3 Å². The summed E-state index contributed by atoms with van der Waals surface area (Å²) in [4.78, 5) is 30.3. The van der Waals surface area contributed by atoms with E-state index in [1.54, 1.807) is 37.2 Å². The highest BCUT2D eigenvalue weighted by atomic mass is 32.2. The Morgan fingerprint density at radius 2 is 1.92 bits per heavy atom. The maximum absolute atomic E-state index is 12.4. The zero-order chi connectivity index (χ0) is 17.5. The largest absolute Gasteiger partial charge is 0.449 e. The SMILES string of the molecule is CSc1ncccc1C(=O)O[C@H](C)C(=O)N(C)Cc1ccccc1. The molecule has 0 aliphatic carbocycles. The molecule has 24 heavy (non-hydrogen) atoms. The van der Waals surface area contributed by atoms with Crippen molar-refractivity contribution in [2.24, 2.45) is 0 Å². The number of esters is 1. The van der Waals surface area contributed by atoms with Crippen molar-refractivity contribution in [3.63, 3.8) is 0 Å². The normalized spacial score (nSPS) is 11.6. The van der Waals surface area contributed by atoms with Crippen LogP contribution < -0.4 is 0 Å². The molecule has 0 N–H and O–H groups in total. The number of carbonyl (C=O) groups excluding carboxylic acids is 2. The fourth-order valence-electron chi connectivity index (χ4n) is 2.23. The lowest BCUT2D eigenvalue weighted by Gasteiger charge is -2.21. The third-order valence-electron chi connectivity index (χ3n) is 3.45. The number of likely N-dealkylation sites (N-methyl/N-ethyl adjacent to an activating group) is 1. The van der Waals surface area contributed by atoms with Crippen LogP contribution in [0.5, 0.6) is 0 Å². The average molecular weight is 344 g/mol. The highest BCUT2D eigenvalue weighted by Crippen LogP contribution is 2.18. The second-order valence-electron chi connectivity index (χ2n) is 5.29. The predicted octanol–water partition coefficient (Wildman–Crippen LogP) is 3.01. The zero-order valence-electron chi connectivity index (χ0n) is 13.9. The van der Waals surface area contributed by atoms with Crippen molar-refractivity contribution >= 4 is 23.6 Å². The molecular formula is C18H20N2O3S. The number of benzene rings is 1. The molecule has 2 aromatic rings. The minimum Gasteiger partial charge on any atom is -0.449 e. The minimum absolute atomic E-state index is 0.248. The van der Waals surface area contributed by atoms with Crippen LogP contribution in [-0.4, -0.2) is 41.2 Å². The number of hydrogen-bond acceptors (Lipinski definition) is 5. The molecule has 0 saturated heterocycles. The van der Waals surface area contributed by atoms with Crippen molar-refractivity contribution in [3.8, 4) is 0 Å². The van der Waals surface area contributed by atoms with Gasteiger partial charge in [-0.3, -0.25) is 4.79 Å². The van der Waals surface area contributed by atoms with Gasteiger partial charge in [-0.15, -0.1) is 11.8 Å². The smallest absolute Gasteiger partial charge is 0.341 e. The Morgan fingerprint density at radius 1 is 1.21 bits per heavy atom. The molecule has 0 bridgehead atoms. The summed E-state index contributed by atoms with van der Waals surface area (Å²) < 4.78 is 5.32. The Bertz CT molecular complexity index is 706. The van der Waals surface area contributed by atoms with Crippen molar-refractivity contribution in [1.29, 1.82) is 0 Å². The van der Waals surface area contributed by atoms with E-state index in [1.807, 2.05) is 36.6 Å². The Kier molecular flexibility index (Phi) is 6.37. The summed E-state index contributed by atoms with van der Waals surface area (Å²) in [7, 11) is 1.69. The lowest BCUT2D eigenvalue weighted by molar-refractivity contribution is -0.139. The van der Waals surface area contributed by atoms with Crippen LogP contribution in [0.3, 0.4) is 0 Å². The number of rotatable bonds is 6. The molecule has 1 heterocycles. The molecule has 0 radical (unpaired) electrons. The van der Waals surface area contributed by atoms with E-state index in [-0.39, 0.29) is 5.91 Å². The summed E-state index contributed by atoms with van der Waals surface area (Å²) in [6.45, 7) is 2.04. The number of ether oxygens (including phenoxy) is 1. The first-order valence-electron chi connectivity index (χ1n) is 7.51. The monoisotopic (exact) mass is 344 g/mol. The highest BCUT2D eigenvalue weighted by Gasteiger charge is 2.23. The van der Waals surface area contributed by atoms with Crippen LogP contribution in [-0.2, 0) is 16.1 Å². The number of amides is 1. The second kappa shape index (κ2) is 8.49. The molecule has 1 atom stereocenters. The Morgan fingerprint density at radius 3 is 2.58 bits per heavy atom. The van der Waals surface area contributed by atoms with Gasteiger partial charge in [0.15, 0.2) is 6.10 Å². The molecule has 0 unspecified atom stereocenters. The van der Waals surface area contributed by atoms with Crippen LogP contribution in [0.4, 0.5) is 0 Å². The maximum atomic E-state index is 12.4. The molecule has 1 amide bonds. The minimum atomic E-state index is -0.860. The summed E-state index contributed by atoms with van der Waals surface area (Å²) in [6.07, 6.45) is 2.59. The molecule has 1 aromatic heterocycles. The van der Waals surface area contributed by atoms with E-state index >= 15 is 0 Å². The third-order valence-corrected chi connectivity index (χ3v) is 4.17. The van der Waals surface area contributed by atoms with Gasteiger partial charge in [0.05, 0.1) is 5.56 Å². The van der Waals surface area contributed by atoms with E-state index in [0.717, 1.165) is 5.56 Å². The number of aromatic nitrogens is 1. The summed E-state index contributed by atoms with van der Waals surface area (Å²) >= 11 is 1.36. The maximum Gasteiger partial charge on any atom is 0.341 e. The van der Waals surface area contributed by atoms with Crippen LogP contribution >= 0.6 is 11.8 Å².